The van der Waals surface area contributed by atoms with E-state index in [9.17, 15) is 0 Å². The van der Waals surface area contributed by atoms with Gasteiger partial charge in [-0.2, -0.15) is 0 Å². The van der Waals surface area contributed by atoms with Gasteiger partial charge in [0.25, 0.3) is 0 Å². The highest BCUT2D eigenvalue weighted by molar-refractivity contribution is 7.80. The highest BCUT2D eigenvalue weighted by atomic mass is 35.5. The van der Waals surface area contributed by atoms with E-state index in [1.807, 2.05) is 66.7 Å². The maximum atomic E-state index is 6.21. The Kier molecular flexibility index (Phi) is 5.65. The van der Waals surface area contributed by atoms with Crippen LogP contribution in [0.4, 0.5) is 0 Å². The Labute approximate surface area is 174 Å². The van der Waals surface area contributed by atoms with Crippen LogP contribution < -0.4 is 19.5 Å². The zero-order chi connectivity index (χ0) is 19.3. The molecule has 0 amide bonds. The van der Waals surface area contributed by atoms with Crippen molar-refractivity contribution >= 4 is 28.8 Å². The van der Waals surface area contributed by atoms with Crippen molar-refractivity contribution in [3.63, 3.8) is 0 Å². The number of hydrogen-bond acceptors (Lipinski definition) is 4. The van der Waals surface area contributed by atoms with Crippen molar-refractivity contribution < 1.29 is 14.2 Å². The van der Waals surface area contributed by atoms with Gasteiger partial charge >= 0.3 is 0 Å². The van der Waals surface area contributed by atoms with Gasteiger partial charge in [0.15, 0.2) is 11.5 Å². The van der Waals surface area contributed by atoms with Gasteiger partial charge in [0.2, 0.25) is 6.79 Å². The van der Waals surface area contributed by atoms with Crippen LogP contribution in [0.15, 0.2) is 66.7 Å². The largest absolute Gasteiger partial charge is 0.488 e. The second-order valence-corrected chi connectivity index (χ2v) is 7.06. The molecular formula is C22H18ClNO3S. The Hall–Kier alpha value is -2.76. The van der Waals surface area contributed by atoms with Crippen molar-refractivity contribution in [3.8, 4) is 17.2 Å². The molecule has 0 fully saturated rings. The number of ether oxygens (including phenoxy) is 3. The summed E-state index contributed by atoms with van der Waals surface area (Å²) < 4.78 is 16.8. The van der Waals surface area contributed by atoms with Gasteiger partial charge < -0.3 is 19.5 Å². The topological polar surface area (TPSA) is 39.7 Å². The quantitative estimate of drug-likeness (QED) is 0.570. The van der Waals surface area contributed by atoms with Crippen molar-refractivity contribution in [2.75, 3.05) is 6.79 Å². The number of rotatable bonds is 6. The minimum absolute atomic E-state index is 0.265. The third-order valence-electron chi connectivity index (χ3n) is 4.36. The molecule has 0 aliphatic carbocycles. The van der Waals surface area contributed by atoms with Gasteiger partial charge in [0.05, 0.1) is 5.56 Å². The van der Waals surface area contributed by atoms with E-state index in [1.165, 1.54) is 0 Å². The predicted octanol–water partition coefficient (Wildman–Crippen LogP) is 5.11. The third kappa shape index (κ3) is 4.21. The second-order valence-electron chi connectivity index (χ2n) is 6.25. The minimum Gasteiger partial charge on any atom is -0.488 e. The zero-order valence-corrected chi connectivity index (χ0v) is 16.6. The molecule has 3 aromatic carbocycles. The molecule has 1 N–H and O–H groups in total. The molecule has 1 aliphatic rings. The SMILES string of the molecule is S=C(NCc1ccc2c(c1)OCO2)c1ccccc1OCc1ccccc1Cl. The van der Waals surface area contributed by atoms with E-state index in [1.54, 1.807) is 0 Å². The second kappa shape index (κ2) is 8.50. The van der Waals surface area contributed by atoms with E-state index < -0.39 is 0 Å². The maximum absolute atomic E-state index is 6.21. The predicted molar refractivity (Wildman–Crippen MR) is 113 cm³/mol. The summed E-state index contributed by atoms with van der Waals surface area (Å²) in [6.45, 7) is 1.22. The molecule has 3 aromatic rings. The molecule has 4 nitrogen and oxygen atoms in total. The molecule has 4 rings (SSSR count). The lowest BCUT2D eigenvalue weighted by molar-refractivity contribution is 0.174. The molecule has 142 valence electrons. The van der Waals surface area contributed by atoms with Crippen LogP contribution in [-0.2, 0) is 13.2 Å². The Morgan fingerprint density at radius 2 is 1.79 bits per heavy atom. The lowest BCUT2D eigenvalue weighted by Gasteiger charge is -2.14. The average Bonchev–Trinajstić information content (AvgIpc) is 3.19. The number of fused-ring (bicyclic) bond motifs is 1. The van der Waals surface area contributed by atoms with Gasteiger partial charge in [0.1, 0.15) is 17.3 Å². The lowest BCUT2D eigenvalue weighted by Crippen LogP contribution is -2.22. The van der Waals surface area contributed by atoms with Crippen LogP contribution in [0.5, 0.6) is 17.2 Å². The van der Waals surface area contributed by atoms with Crippen LogP contribution in [0.25, 0.3) is 0 Å². The fraction of sp³-hybridized carbons (Fsp3) is 0.136. The summed E-state index contributed by atoms with van der Waals surface area (Å²) >= 11 is 11.8. The summed E-state index contributed by atoms with van der Waals surface area (Å²) in [5, 5.41) is 3.97. The molecule has 0 bridgehead atoms. The number of thiocarbonyl (C=S) groups is 1. The van der Waals surface area contributed by atoms with Gasteiger partial charge in [-0.3, -0.25) is 0 Å². The molecule has 0 aromatic heterocycles. The highest BCUT2D eigenvalue weighted by Crippen LogP contribution is 2.32. The van der Waals surface area contributed by atoms with Gasteiger partial charge in [-0.05, 0) is 35.9 Å². The van der Waals surface area contributed by atoms with E-state index in [4.69, 9.17) is 38.0 Å². The molecule has 28 heavy (non-hydrogen) atoms. The minimum atomic E-state index is 0.265. The normalized spacial score (nSPS) is 11.9. The molecule has 1 heterocycles. The van der Waals surface area contributed by atoms with Crippen LogP contribution in [0, 0.1) is 0 Å². The van der Waals surface area contributed by atoms with Crippen molar-refractivity contribution in [1.29, 1.82) is 0 Å². The van der Waals surface area contributed by atoms with Gasteiger partial charge in [-0.15, -0.1) is 0 Å². The number of para-hydroxylation sites is 1. The van der Waals surface area contributed by atoms with E-state index in [2.05, 4.69) is 5.32 Å². The summed E-state index contributed by atoms with van der Waals surface area (Å²) in [6, 6.07) is 21.2. The first-order valence-corrected chi connectivity index (χ1v) is 9.61. The van der Waals surface area contributed by atoms with Crippen LogP contribution in [0.2, 0.25) is 5.02 Å². The van der Waals surface area contributed by atoms with E-state index in [-0.39, 0.29) is 6.79 Å². The van der Waals surface area contributed by atoms with Crippen molar-refractivity contribution in [1.82, 2.24) is 5.32 Å². The summed E-state index contributed by atoms with van der Waals surface area (Å²) in [5.74, 6) is 2.24. The number of nitrogens with one attached hydrogen (secondary N) is 1. The Morgan fingerprint density at radius 3 is 2.68 bits per heavy atom. The molecule has 0 unspecified atom stereocenters. The number of hydrogen-bond donors (Lipinski definition) is 1. The number of benzene rings is 3. The summed E-state index contributed by atoms with van der Waals surface area (Å²) in [5.41, 5.74) is 2.82. The Balaban J connectivity index is 1.42. The fourth-order valence-electron chi connectivity index (χ4n) is 2.88. The monoisotopic (exact) mass is 411 g/mol. The first-order valence-electron chi connectivity index (χ1n) is 8.82. The van der Waals surface area contributed by atoms with Crippen molar-refractivity contribution in [2.45, 2.75) is 13.2 Å². The summed E-state index contributed by atoms with van der Waals surface area (Å²) in [7, 11) is 0. The van der Waals surface area contributed by atoms with Crippen LogP contribution in [0.1, 0.15) is 16.7 Å². The summed E-state index contributed by atoms with van der Waals surface area (Å²) in [6.07, 6.45) is 0. The van der Waals surface area contributed by atoms with Crippen LogP contribution in [-0.4, -0.2) is 11.8 Å². The maximum Gasteiger partial charge on any atom is 0.231 e. The highest BCUT2D eigenvalue weighted by Gasteiger charge is 2.14. The molecule has 0 atom stereocenters. The zero-order valence-electron chi connectivity index (χ0n) is 15.0. The van der Waals surface area contributed by atoms with Crippen molar-refractivity contribution in [2.24, 2.45) is 0 Å². The standard InChI is InChI=1S/C22H18ClNO3S/c23-18-7-3-1-5-16(18)13-25-19-8-4-2-6-17(19)22(28)24-12-15-9-10-20-21(11-15)27-14-26-20/h1-11H,12-14H2,(H,24,28). The average molecular weight is 412 g/mol. The molecule has 0 saturated heterocycles. The molecule has 0 radical (unpaired) electrons. The van der Waals surface area contributed by atoms with E-state index in [0.717, 1.165) is 28.2 Å². The van der Waals surface area contributed by atoms with Gasteiger partial charge in [-0.25, -0.2) is 0 Å². The first kappa shape index (κ1) is 18.6. The Bertz CT molecular complexity index is 1010. The summed E-state index contributed by atoms with van der Waals surface area (Å²) in [4.78, 5) is 0.618. The van der Waals surface area contributed by atoms with Crippen LogP contribution >= 0.6 is 23.8 Å². The Morgan fingerprint density at radius 1 is 1.00 bits per heavy atom. The molecule has 1 aliphatic heterocycles. The van der Waals surface area contributed by atoms with Crippen LogP contribution in [0.3, 0.4) is 0 Å². The van der Waals surface area contributed by atoms with Crippen molar-refractivity contribution in [3.05, 3.63) is 88.4 Å². The lowest BCUT2D eigenvalue weighted by atomic mass is 10.1. The van der Waals surface area contributed by atoms with Gasteiger partial charge in [-0.1, -0.05) is 60.2 Å². The van der Waals surface area contributed by atoms with Gasteiger partial charge in [0, 0.05) is 17.1 Å². The molecule has 0 saturated carbocycles. The van der Waals surface area contributed by atoms with E-state index >= 15 is 0 Å². The number of halogens is 1. The molecular weight excluding hydrogens is 394 g/mol. The smallest absolute Gasteiger partial charge is 0.231 e. The fourth-order valence-corrected chi connectivity index (χ4v) is 3.31. The molecule has 6 heteroatoms. The van der Waals surface area contributed by atoms with E-state index in [0.29, 0.717) is 28.9 Å². The third-order valence-corrected chi connectivity index (χ3v) is 5.10. The first-order chi connectivity index (χ1) is 13.7. The molecule has 0 spiro atoms.